The highest BCUT2D eigenvalue weighted by atomic mass is 32.1. The number of hydrogen-bond donors (Lipinski definition) is 0. The minimum atomic E-state index is -4.62. The van der Waals surface area contributed by atoms with Crippen LogP contribution in [0.4, 0.5) is 13.2 Å². The molecule has 0 bridgehead atoms. The molecule has 0 N–H and O–H groups in total. The maximum Gasteiger partial charge on any atom is 0.414 e. The van der Waals surface area contributed by atoms with Gasteiger partial charge >= 0.3 is 6.18 Å². The van der Waals surface area contributed by atoms with Crippen molar-refractivity contribution in [1.29, 1.82) is 5.26 Å². The Morgan fingerprint density at radius 3 is 2.63 bits per heavy atom. The Labute approximate surface area is 112 Å². The van der Waals surface area contributed by atoms with E-state index in [0.29, 0.717) is 5.56 Å². The first-order valence-electron chi connectivity index (χ1n) is 5.15. The molecule has 1 aromatic heterocycles. The first-order chi connectivity index (χ1) is 8.93. The van der Waals surface area contributed by atoms with Crippen LogP contribution in [0.5, 0.6) is 0 Å². The number of allylic oxidation sites excluding steroid dienone is 1. The first kappa shape index (κ1) is 13.4. The zero-order valence-electron chi connectivity index (χ0n) is 9.35. The molecule has 2 heterocycles. The Morgan fingerprint density at radius 1 is 1.37 bits per heavy atom. The molecule has 1 aliphatic rings. The average Bonchev–Trinajstić information content (AvgIpc) is 2.37. The largest absolute Gasteiger partial charge is 0.414 e. The summed E-state index contributed by atoms with van der Waals surface area (Å²) in [5, 5.41) is 8.79. The van der Waals surface area contributed by atoms with Crippen molar-refractivity contribution in [3.63, 3.8) is 0 Å². The molecule has 1 atom stereocenters. The van der Waals surface area contributed by atoms with Gasteiger partial charge in [0, 0.05) is 18.0 Å². The van der Waals surface area contributed by atoms with Crippen LogP contribution in [0.1, 0.15) is 5.56 Å². The summed E-state index contributed by atoms with van der Waals surface area (Å²) in [5.41, 5.74) is -0.506. The molecule has 1 aromatic rings. The Morgan fingerprint density at radius 2 is 2.11 bits per heavy atom. The molecule has 0 aromatic carbocycles. The fraction of sp³-hybridized carbons (Fsp3) is 0.167. The Bertz CT molecular complexity index is 611. The van der Waals surface area contributed by atoms with Gasteiger partial charge in [-0.2, -0.15) is 18.4 Å². The van der Waals surface area contributed by atoms with Crippen molar-refractivity contribution in [1.82, 2.24) is 4.98 Å². The number of pyridine rings is 1. The van der Waals surface area contributed by atoms with Crippen LogP contribution < -0.4 is 0 Å². The molecule has 0 aliphatic carbocycles. The summed E-state index contributed by atoms with van der Waals surface area (Å²) in [4.78, 5) is 7.41. The van der Waals surface area contributed by atoms with Crippen molar-refractivity contribution < 1.29 is 13.2 Å². The fourth-order valence-electron chi connectivity index (χ4n) is 1.61. The van der Waals surface area contributed by atoms with Crippen molar-refractivity contribution in [3.8, 4) is 6.07 Å². The van der Waals surface area contributed by atoms with Gasteiger partial charge in [0.15, 0.2) is 0 Å². The number of hydrogen-bond acceptors (Lipinski definition) is 3. The number of dihydropyridines is 1. The molecule has 1 aliphatic heterocycles. The molecular weight excluding hydrogens is 275 g/mol. The Kier molecular flexibility index (Phi) is 3.44. The molecule has 0 spiro atoms. The van der Waals surface area contributed by atoms with E-state index in [2.05, 4.69) is 9.98 Å². The normalized spacial score (nSPS) is 19.5. The van der Waals surface area contributed by atoms with Crippen LogP contribution in [0.3, 0.4) is 0 Å². The number of aliphatic imine (C=N–C) groups is 1. The van der Waals surface area contributed by atoms with E-state index < -0.39 is 17.7 Å². The molecule has 0 unspecified atom stereocenters. The van der Waals surface area contributed by atoms with Gasteiger partial charge in [0.05, 0.1) is 17.4 Å². The van der Waals surface area contributed by atoms with Crippen molar-refractivity contribution in [2.75, 3.05) is 0 Å². The maximum atomic E-state index is 12.9. The Balaban J connectivity index is 2.52. The summed E-state index contributed by atoms with van der Waals surface area (Å²) in [6, 6.07) is 4.69. The van der Waals surface area contributed by atoms with Crippen LogP contribution >= 0.6 is 12.2 Å². The predicted octanol–water partition coefficient (Wildman–Crippen LogP) is 2.84. The van der Waals surface area contributed by atoms with E-state index in [1.165, 1.54) is 18.5 Å². The maximum absolute atomic E-state index is 12.9. The SMILES string of the molecule is N#C[C@H]1C(=S)N=C(c2cccnc2)C=C1C(F)(F)F. The third-order valence-corrected chi connectivity index (χ3v) is 2.82. The zero-order chi connectivity index (χ0) is 14.0. The van der Waals surface area contributed by atoms with Crippen LogP contribution in [-0.4, -0.2) is 21.9 Å². The van der Waals surface area contributed by atoms with Crippen molar-refractivity contribution in [2.45, 2.75) is 6.18 Å². The van der Waals surface area contributed by atoms with E-state index in [1.807, 2.05) is 0 Å². The number of rotatable bonds is 1. The summed E-state index contributed by atoms with van der Waals surface area (Å²) < 4.78 is 38.7. The van der Waals surface area contributed by atoms with E-state index in [-0.39, 0.29) is 10.7 Å². The fourth-order valence-corrected chi connectivity index (χ4v) is 1.89. The molecule has 19 heavy (non-hydrogen) atoms. The van der Waals surface area contributed by atoms with Gasteiger partial charge in [-0.05, 0) is 18.2 Å². The average molecular weight is 281 g/mol. The standard InChI is InChI=1S/C12H6F3N3S/c13-12(14,15)9-4-10(7-2-1-3-17-6-7)18-11(19)8(9)5-16/h1-4,6,8H/t8-/m1/s1. The number of alkyl halides is 3. The first-order valence-corrected chi connectivity index (χ1v) is 5.55. The second kappa shape index (κ2) is 4.90. The van der Waals surface area contributed by atoms with Gasteiger partial charge in [0.25, 0.3) is 0 Å². The second-order valence-corrected chi connectivity index (χ2v) is 4.15. The predicted molar refractivity (Wildman–Crippen MR) is 66.6 cm³/mol. The lowest BCUT2D eigenvalue weighted by Crippen LogP contribution is -2.28. The summed E-state index contributed by atoms with van der Waals surface area (Å²) in [5.74, 6) is -1.53. The van der Waals surface area contributed by atoms with E-state index in [4.69, 9.17) is 17.5 Å². The molecule has 96 valence electrons. The molecule has 0 saturated carbocycles. The van der Waals surface area contributed by atoms with Gasteiger partial charge in [-0.3, -0.25) is 4.98 Å². The monoisotopic (exact) mass is 281 g/mol. The lowest BCUT2D eigenvalue weighted by atomic mass is 9.94. The molecule has 0 saturated heterocycles. The van der Waals surface area contributed by atoms with E-state index >= 15 is 0 Å². The highest BCUT2D eigenvalue weighted by molar-refractivity contribution is 7.80. The van der Waals surface area contributed by atoms with Crippen LogP contribution in [0, 0.1) is 17.2 Å². The number of halogens is 3. The summed E-state index contributed by atoms with van der Waals surface area (Å²) in [6.07, 6.45) is -0.884. The molecule has 2 rings (SSSR count). The number of aromatic nitrogens is 1. The van der Waals surface area contributed by atoms with Gasteiger partial charge in [-0.1, -0.05) is 12.2 Å². The second-order valence-electron chi connectivity index (χ2n) is 3.74. The van der Waals surface area contributed by atoms with Crippen molar-refractivity contribution in [2.24, 2.45) is 10.9 Å². The molecule has 0 amide bonds. The van der Waals surface area contributed by atoms with E-state index in [0.717, 1.165) is 6.08 Å². The molecule has 0 radical (unpaired) electrons. The molecule has 0 fully saturated rings. The number of thiocarbonyl (C=S) groups is 1. The topological polar surface area (TPSA) is 49.0 Å². The van der Waals surface area contributed by atoms with Crippen LogP contribution in [0.25, 0.3) is 0 Å². The van der Waals surface area contributed by atoms with Crippen LogP contribution in [0.2, 0.25) is 0 Å². The van der Waals surface area contributed by atoms with Crippen molar-refractivity contribution >= 4 is 22.9 Å². The van der Waals surface area contributed by atoms with Crippen LogP contribution in [0.15, 0.2) is 41.2 Å². The highest BCUT2D eigenvalue weighted by Crippen LogP contribution is 2.35. The summed E-state index contributed by atoms with van der Waals surface area (Å²) in [6.45, 7) is 0. The smallest absolute Gasteiger partial charge is 0.264 e. The highest BCUT2D eigenvalue weighted by Gasteiger charge is 2.42. The van der Waals surface area contributed by atoms with Gasteiger partial charge in [0.2, 0.25) is 0 Å². The quantitative estimate of drug-likeness (QED) is 0.744. The summed E-state index contributed by atoms with van der Waals surface area (Å²) in [7, 11) is 0. The van der Waals surface area contributed by atoms with E-state index in [9.17, 15) is 13.2 Å². The minimum absolute atomic E-state index is 0.0666. The van der Waals surface area contributed by atoms with Gasteiger partial charge in [0.1, 0.15) is 10.9 Å². The Hall–Kier alpha value is -2.07. The van der Waals surface area contributed by atoms with Crippen LogP contribution in [-0.2, 0) is 0 Å². The third-order valence-electron chi connectivity index (χ3n) is 2.49. The molecule has 7 heteroatoms. The van der Waals surface area contributed by atoms with E-state index in [1.54, 1.807) is 12.1 Å². The minimum Gasteiger partial charge on any atom is -0.264 e. The number of nitrogens with zero attached hydrogens (tertiary/aromatic N) is 3. The zero-order valence-corrected chi connectivity index (χ0v) is 10.2. The lowest BCUT2D eigenvalue weighted by molar-refractivity contribution is -0.0947. The van der Waals surface area contributed by atoms with Gasteiger partial charge in [-0.15, -0.1) is 0 Å². The lowest BCUT2D eigenvalue weighted by Gasteiger charge is -2.20. The molecular formula is C12H6F3N3S. The summed E-state index contributed by atoms with van der Waals surface area (Å²) >= 11 is 4.78. The third kappa shape index (κ3) is 2.69. The molecule has 3 nitrogen and oxygen atoms in total. The van der Waals surface area contributed by atoms with Gasteiger partial charge < -0.3 is 0 Å². The van der Waals surface area contributed by atoms with Gasteiger partial charge in [-0.25, -0.2) is 4.99 Å². The van der Waals surface area contributed by atoms with Crippen molar-refractivity contribution in [3.05, 3.63) is 41.7 Å². The number of nitriles is 1.